The average molecular weight is 308 g/mol. The van der Waals surface area contributed by atoms with Crippen molar-refractivity contribution in [3.05, 3.63) is 58.4 Å². The van der Waals surface area contributed by atoms with Crippen molar-refractivity contribution in [2.45, 2.75) is 13.8 Å². The van der Waals surface area contributed by atoms with Crippen LogP contribution in [0.1, 0.15) is 11.1 Å². The number of amides is 1. The van der Waals surface area contributed by atoms with Gasteiger partial charge in [-0.2, -0.15) is 0 Å². The van der Waals surface area contributed by atoms with Gasteiger partial charge in [0.2, 0.25) is 0 Å². The van der Waals surface area contributed by atoms with E-state index in [4.69, 9.17) is 16.3 Å². The lowest BCUT2D eigenvalue weighted by atomic mass is 10.1. The van der Waals surface area contributed by atoms with E-state index in [1.54, 1.807) is 0 Å². The van der Waals surface area contributed by atoms with Crippen LogP contribution in [-0.4, -0.2) is 12.5 Å². The van der Waals surface area contributed by atoms with Crippen LogP contribution < -0.4 is 10.1 Å². The lowest BCUT2D eigenvalue weighted by molar-refractivity contribution is -0.118. The summed E-state index contributed by atoms with van der Waals surface area (Å²) < 4.78 is 18.2. The lowest BCUT2D eigenvalue weighted by Crippen LogP contribution is -2.21. The summed E-state index contributed by atoms with van der Waals surface area (Å²) in [6.07, 6.45) is 0. The molecule has 0 aliphatic heterocycles. The molecule has 0 bridgehead atoms. The van der Waals surface area contributed by atoms with Crippen LogP contribution in [-0.2, 0) is 4.79 Å². The fraction of sp³-hybridized carbons (Fsp3) is 0.188. The molecule has 0 unspecified atom stereocenters. The van der Waals surface area contributed by atoms with Crippen LogP contribution in [0.25, 0.3) is 0 Å². The van der Waals surface area contributed by atoms with Crippen molar-refractivity contribution in [1.82, 2.24) is 0 Å². The normalized spacial score (nSPS) is 10.3. The first-order chi connectivity index (χ1) is 9.97. The highest BCUT2D eigenvalue weighted by Gasteiger charge is 2.09. The number of hydrogen-bond donors (Lipinski definition) is 1. The van der Waals surface area contributed by atoms with E-state index in [0.717, 1.165) is 22.9 Å². The van der Waals surface area contributed by atoms with Gasteiger partial charge in [-0.15, -0.1) is 0 Å². The minimum atomic E-state index is -0.452. The molecule has 0 aromatic heterocycles. The van der Waals surface area contributed by atoms with Crippen molar-refractivity contribution >= 4 is 23.2 Å². The maximum absolute atomic E-state index is 12.9. The van der Waals surface area contributed by atoms with Gasteiger partial charge >= 0.3 is 0 Å². The first-order valence-electron chi connectivity index (χ1n) is 6.41. The third-order valence-electron chi connectivity index (χ3n) is 3.00. The van der Waals surface area contributed by atoms with Crippen molar-refractivity contribution < 1.29 is 13.9 Å². The number of para-hydroxylation sites is 1. The van der Waals surface area contributed by atoms with E-state index in [1.807, 2.05) is 32.0 Å². The van der Waals surface area contributed by atoms with Gasteiger partial charge in [-0.1, -0.05) is 29.8 Å². The predicted molar refractivity (Wildman–Crippen MR) is 81.5 cm³/mol. The molecule has 0 fully saturated rings. The fourth-order valence-corrected chi connectivity index (χ4v) is 2.14. The number of carbonyl (C=O) groups excluding carboxylic acids is 1. The zero-order valence-electron chi connectivity index (χ0n) is 11.7. The highest BCUT2D eigenvalue weighted by molar-refractivity contribution is 6.32. The monoisotopic (exact) mass is 307 g/mol. The number of halogens is 2. The summed E-state index contributed by atoms with van der Waals surface area (Å²) >= 11 is 5.83. The molecule has 2 rings (SSSR count). The van der Waals surface area contributed by atoms with Crippen LogP contribution in [0, 0.1) is 19.7 Å². The summed E-state index contributed by atoms with van der Waals surface area (Å²) in [5.41, 5.74) is 2.72. The first kappa shape index (κ1) is 15.3. The van der Waals surface area contributed by atoms with E-state index in [0.29, 0.717) is 0 Å². The molecule has 110 valence electrons. The molecule has 2 aromatic carbocycles. The maximum atomic E-state index is 12.9. The number of ether oxygens (including phenoxy) is 1. The molecule has 0 saturated carbocycles. The van der Waals surface area contributed by atoms with Gasteiger partial charge in [0.15, 0.2) is 6.61 Å². The van der Waals surface area contributed by atoms with Gasteiger partial charge in [0.25, 0.3) is 5.91 Å². The van der Waals surface area contributed by atoms with Gasteiger partial charge < -0.3 is 10.1 Å². The molecule has 3 nitrogen and oxygen atoms in total. The largest absolute Gasteiger partial charge is 0.482 e. The van der Waals surface area contributed by atoms with Crippen molar-refractivity contribution in [3.63, 3.8) is 0 Å². The van der Waals surface area contributed by atoms with E-state index < -0.39 is 5.82 Å². The van der Waals surface area contributed by atoms with Crippen LogP contribution in [0.5, 0.6) is 5.75 Å². The number of rotatable bonds is 4. The Hall–Kier alpha value is -2.07. The predicted octanol–water partition coefficient (Wildman–Crippen LogP) is 4.11. The minimum absolute atomic E-state index is 0.134. The molecule has 0 radical (unpaired) electrons. The third-order valence-corrected chi connectivity index (χ3v) is 3.29. The maximum Gasteiger partial charge on any atom is 0.262 e. The summed E-state index contributed by atoms with van der Waals surface area (Å²) in [5.74, 6) is -0.477. The van der Waals surface area contributed by atoms with Crippen molar-refractivity contribution in [3.8, 4) is 5.75 Å². The average Bonchev–Trinajstić information content (AvgIpc) is 2.42. The Labute approximate surface area is 127 Å². The molecule has 0 atom stereocenters. The number of nitrogens with one attached hydrogen (secondary N) is 1. The number of aryl methyl sites for hydroxylation is 2. The molecule has 1 amide bonds. The first-order valence-corrected chi connectivity index (χ1v) is 6.79. The highest BCUT2D eigenvalue weighted by Crippen LogP contribution is 2.25. The Morgan fingerprint density at radius 3 is 2.52 bits per heavy atom. The zero-order chi connectivity index (χ0) is 15.4. The molecule has 0 spiro atoms. The standard InChI is InChI=1S/C16H15ClFNO2/c1-10-4-3-5-11(2)16(10)19-15(20)9-21-14-7-6-12(18)8-13(14)17/h3-8H,9H2,1-2H3,(H,19,20). The van der Waals surface area contributed by atoms with Gasteiger partial charge in [0.05, 0.1) is 5.02 Å². The van der Waals surface area contributed by atoms with Crippen molar-refractivity contribution in [2.24, 2.45) is 0 Å². The molecule has 21 heavy (non-hydrogen) atoms. The van der Waals surface area contributed by atoms with E-state index in [2.05, 4.69) is 5.32 Å². The number of carbonyl (C=O) groups is 1. The second-order valence-electron chi connectivity index (χ2n) is 4.68. The zero-order valence-corrected chi connectivity index (χ0v) is 12.5. The van der Waals surface area contributed by atoms with Gasteiger partial charge in [-0.05, 0) is 43.2 Å². The second-order valence-corrected chi connectivity index (χ2v) is 5.09. The molecule has 2 aromatic rings. The smallest absolute Gasteiger partial charge is 0.262 e. The fourth-order valence-electron chi connectivity index (χ4n) is 1.92. The molecule has 1 N–H and O–H groups in total. The summed E-state index contributed by atoms with van der Waals surface area (Å²) in [4.78, 5) is 11.9. The van der Waals surface area contributed by atoms with Gasteiger partial charge in [-0.3, -0.25) is 4.79 Å². The van der Waals surface area contributed by atoms with E-state index in [1.165, 1.54) is 12.1 Å². The molecular weight excluding hydrogens is 293 g/mol. The molecule has 0 saturated heterocycles. The Kier molecular flexibility index (Phi) is 4.81. The van der Waals surface area contributed by atoms with Crippen LogP contribution in [0.2, 0.25) is 5.02 Å². The van der Waals surface area contributed by atoms with E-state index in [-0.39, 0.29) is 23.3 Å². The quantitative estimate of drug-likeness (QED) is 0.923. The summed E-state index contributed by atoms with van der Waals surface area (Å²) in [7, 11) is 0. The summed E-state index contributed by atoms with van der Waals surface area (Å²) in [6, 6.07) is 9.52. The van der Waals surface area contributed by atoms with Crippen molar-refractivity contribution in [1.29, 1.82) is 0 Å². The van der Waals surface area contributed by atoms with Crippen LogP contribution >= 0.6 is 11.6 Å². The Morgan fingerprint density at radius 1 is 1.24 bits per heavy atom. The topological polar surface area (TPSA) is 38.3 Å². The van der Waals surface area contributed by atoms with Crippen LogP contribution in [0.3, 0.4) is 0 Å². The number of hydrogen-bond acceptors (Lipinski definition) is 2. The number of anilines is 1. The summed E-state index contributed by atoms with van der Waals surface area (Å²) in [5, 5.41) is 2.93. The van der Waals surface area contributed by atoms with Gasteiger partial charge in [0, 0.05) is 5.69 Å². The number of benzene rings is 2. The van der Waals surface area contributed by atoms with E-state index >= 15 is 0 Å². The SMILES string of the molecule is Cc1cccc(C)c1NC(=O)COc1ccc(F)cc1Cl. The molecular formula is C16H15ClFNO2. The minimum Gasteiger partial charge on any atom is -0.482 e. The summed E-state index contributed by atoms with van der Waals surface area (Å²) in [6.45, 7) is 3.64. The van der Waals surface area contributed by atoms with Crippen molar-refractivity contribution in [2.75, 3.05) is 11.9 Å². The van der Waals surface area contributed by atoms with Gasteiger partial charge in [-0.25, -0.2) is 4.39 Å². The Balaban J connectivity index is 1.99. The second kappa shape index (κ2) is 6.59. The molecule has 0 aliphatic carbocycles. The van der Waals surface area contributed by atoms with Crippen LogP contribution in [0.15, 0.2) is 36.4 Å². The molecule has 0 heterocycles. The third kappa shape index (κ3) is 3.95. The van der Waals surface area contributed by atoms with Crippen LogP contribution in [0.4, 0.5) is 10.1 Å². The van der Waals surface area contributed by atoms with E-state index in [9.17, 15) is 9.18 Å². The lowest BCUT2D eigenvalue weighted by Gasteiger charge is -2.12. The highest BCUT2D eigenvalue weighted by atomic mass is 35.5. The Bertz CT molecular complexity index is 653. The Morgan fingerprint density at radius 2 is 1.90 bits per heavy atom. The molecule has 5 heteroatoms. The van der Waals surface area contributed by atoms with Gasteiger partial charge in [0.1, 0.15) is 11.6 Å². The molecule has 0 aliphatic rings.